The van der Waals surface area contributed by atoms with Crippen molar-refractivity contribution < 1.29 is 23.8 Å². The Morgan fingerprint density at radius 1 is 1.26 bits per heavy atom. The molecular weight excluding hydrogens is 371 g/mol. The normalized spacial score (nSPS) is 11.1. The van der Waals surface area contributed by atoms with Gasteiger partial charge in [0, 0.05) is 22.8 Å². The van der Waals surface area contributed by atoms with Crippen molar-refractivity contribution in [2.45, 2.75) is 18.2 Å². The number of nitrogens with zero attached hydrogens (tertiary/aromatic N) is 1. The lowest BCUT2D eigenvalue weighted by Gasteiger charge is -2.11. The van der Waals surface area contributed by atoms with Crippen LogP contribution in [-0.2, 0) is 16.0 Å². The molecule has 0 aliphatic carbocycles. The van der Waals surface area contributed by atoms with Gasteiger partial charge in [0.05, 0.1) is 18.6 Å². The van der Waals surface area contributed by atoms with E-state index < -0.39 is 5.97 Å². The number of hydrogen-bond donors (Lipinski definition) is 1. The van der Waals surface area contributed by atoms with Crippen LogP contribution in [-0.4, -0.2) is 30.5 Å². The highest BCUT2D eigenvalue weighted by Crippen LogP contribution is 2.22. The van der Waals surface area contributed by atoms with E-state index in [9.17, 15) is 19.1 Å². The van der Waals surface area contributed by atoms with Crippen LogP contribution in [0.3, 0.4) is 0 Å². The minimum atomic E-state index is -1.22. The maximum Gasteiger partial charge on any atom is 0.250 e. The highest BCUT2D eigenvalue weighted by Gasteiger charge is 2.09. The Morgan fingerprint density at radius 3 is 2.67 bits per heavy atom. The smallest absolute Gasteiger partial charge is 0.250 e. The van der Waals surface area contributed by atoms with Gasteiger partial charge in [0.25, 0.3) is 0 Å². The number of aliphatic carboxylic acids is 1. The largest absolute Gasteiger partial charge is 0.550 e. The second-order valence-corrected chi connectivity index (χ2v) is 6.54. The molecule has 0 saturated carbocycles. The number of rotatable bonds is 8. The molecule has 0 aromatic heterocycles. The predicted octanol–water partition coefficient (Wildman–Crippen LogP) is 1.76. The summed E-state index contributed by atoms with van der Waals surface area (Å²) in [4.78, 5) is 23.2. The number of carboxylic acids is 1. The minimum absolute atomic E-state index is 0.0102. The van der Waals surface area contributed by atoms with Gasteiger partial charge in [0.1, 0.15) is 11.6 Å². The van der Waals surface area contributed by atoms with Gasteiger partial charge >= 0.3 is 0 Å². The van der Waals surface area contributed by atoms with Crippen molar-refractivity contribution in [3.8, 4) is 5.75 Å². The number of nitrogens with one attached hydrogen (secondary N) is 1. The summed E-state index contributed by atoms with van der Waals surface area (Å²) in [7, 11) is 1.45. The number of carbonyl (C=O) groups is 2. The van der Waals surface area contributed by atoms with Crippen LogP contribution in [0, 0.1) is 5.82 Å². The van der Waals surface area contributed by atoms with Gasteiger partial charge in [-0.25, -0.2) is 9.82 Å². The zero-order valence-electron chi connectivity index (χ0n) is 14.8. The fourth-order valence-corrected chi connectivity index (χ4v) is 2.98. The average molecular weight is 389 g/mol. The third-order valence-corrected chi connectivity index (χ3v) is 4.63. The van der Waals surface area contributed by atoms with Crippen LogP contribution in [0.1, 0.15) is 18.1 Å². The number of amides is 1. The van der Waals surface area contributed by atoms with E-state index in [1.54, 1.807) is 43.3 Å². The van der Waals surface area contributed by atoms with E-state index in [1.807, 2.05) is 0 Å². The van der Waals surface area contributed by atoms with E-state index in [0.717, 1.165) is 11.8 Å². The summed E-state index contributed by atoms with van der Waals surface area (Å²) in [6.45, 7) is 1.68. The topological polar surface area (TPSA) is 90.8 Å². The lowest BCUT2D eigenvalue weighted by molar-refractivity contribution is -0.304. The van der Waals surface area contributed by atoms with Crippen molar-refractivity contribution in [1.82, 2.24) is 5.43 Å². The molecule has 0 spiro atoms. The molecule has 0 unspecified atom stereocenters. The van der Waals surface area contributed by atoms with Crippen LogP contribution in [0.25, 0.3) is 0 Å². The molecule has 8 heteroatoms. The molecule has 0 fully saturated rings. The van der Waals surface area contributed by atoms with E-state index in [0.29, 0.717) is 27.5 Å². The zero-order chi connectivity index (χ0) is 19.8. The van der Waals surface area contributed by atoms with Gasteiger partial charge in [-0.3, -0.25) is 4.79 Å². The maximum atomic E-state index is 13.5. The van der Waals surface area contributed by atoms with Crippen LogP contribution < -0.4 is 15.3 Å². The van der Waals surface area contributed by atoms with Gasteiger partial charge in [0.15, 0.2) is 0 Å². The molecule has 0 radical (unpaired) electrons. The summed E-state index contributed by atoms with van der Waals surface area (Å²) in [5, 5.41) is 14.9. The summed E-state index contributed by atoms with van der Waals surface area (Å²) < 4.78 is 18.7. The summed E-state index contributed by atoms with van der Waals surface area (Å²) in [5.74, 6) is -1.55. The molecule has 0 aliphatic rings. The fourth-order valence-electron chi connectivity index (χ4n) is 2.25. The molecule has 2 aromatic rings. The Labute approximate surface area is 160 Å². The van der Waals surface area contributed by atoms with E-state index in [4.69, 9.17) is 4.74 Å². The third-order valence-electron chi connectivity index (χ3n) is 3.58. The van der Waals surface area contributed by atoms with E-state index >= 15 is 0 Å². The summed E-state index contributed by atoms with van der Waals surface area (Å²) >= 11 is 1.07. The number of hydrogen-bond acceptors (Lipinski definition) is 6. The molecule has 1 N–H and O–H groups in total. The number of methoxy groups -OCH3 is 1. The maximum absolute atomic E-state index is 13.5. The first kappa shape index (κ1) is 20.4. The van der Waals surface area contributed by atoms with Crippen molar-refractivity contribution in [1.29, 1.82) is 0 Å². The molecular formula is C19H18FN2O4S-. The monoisotopic (exact) mass is 389 g/mol. The van der Waals surface area contributed by atoms with E-state index in [2.05, 4.69) is 10.5 Å². The molecule has 6 nitrogen and oxygen atoms in total. The summed E-state index contributed by atoms with van der Waals surface area (Å²) in [6, 6.07) is 11.2. The Bertz CT molecular complexity index is 871. The first-order valence-electron chi connectivity index (χ1n) is 7.98. The molecule has 2 rings (SSSR count). The number of carbonyl (C=O) groups excluding carboxylic acids is 2. The number of ether oxygens (including phenoxy) is 1. The van der Waals surface area contributed by atoms with Crippen molar-refractivity contribution in [3.63, 3.8) is 0 Å². The average Bonchev–Trinajstić information content (AvgIpc) is 2.65. The SMILES string of the molecule is COc1ccc(/C(C)=N\NC(=O)CSc2ccccc2F)cc1CC(=O)[O-]. The predicted molar refractivity (Wildman–Crippen MR) is 99.2 cm³/mol. The third kappa shape index (κ3) is 6.10. The van der Waals surface area contributed by atoms with Crippen LogP contribution in [0.15, 0.2) is 52.5 Å². The number of benzene rings is 2. The number of hydrazone groups is 1. The van der Waals surface area contributed by atoms with Crippen molar-refractivity contribution in [2.24, 2.45) is 5.10 Å². The van der Waals surface area contributed by atoms with Crippen molar-refractivity contribution in [3.05, 3.63) is 59.4 Å². The van der Waals surface area contributed by atoms with E-state index in [-0.39, 0.29) is 23.9 Å². The first-order chi connectivity index (χ1) is 12.9. The highest BCUT2D eigenvalue weighted by atomic mass is 32.2. The van der Waals surface area contributed by atoms with Crippen LogP contribution in [0.2, 0.25) is 0 Å². The molecule has 1 amide bonds. The van der Waals surface area contributed by atoms with Gasteiger partial charge < -0.3 is 14.6 Å². The van der Waals surface area contributed by atoms with Gasteiger partial charge in [0.2, 0.25) is 5.91 Å². The quantitative estimate of drug-likeness (QED) is 0.422. The van der Waals surface area contributed by atoms with Crippen LogP contribution >= 0.6 is 11.8 Å². The Hall–Kier alpha value is -2.87. The summed E-state index contributed by atoms with van der Waals surface area (Å²) in [6.07, 6.45) is -0.296. The van der Waals surface area contributed by atoms with E-state index in [1.165, 1.54) is 13.2 Å². The highest BCUT2D eigenvalue weighted by molar-refractivity contribution is 8.00. The first-order valence-corrected chi connectivity index (χ1v) is 8.97. The molecule has 0 heterocycles. The second kappa shape index (κ2) is 9.72. The van der Waals surface area contributed by atoms with Crippen molar-refractivity contribution in [2.75, 3.05) is 12.9 Å². The lowest BCUT2D eigenvalue weighted by atomic mass is 10.0. The zero-order valence-corrected chi connectivity index (χ0v) is 15.6. The standard InChI is InChI=1S/C19H19FN2O4S/c1-12(13-7-8-16(26-2)14(9-13)10-19(24)25)21-22-18(23)11-27-17-6-4-3-5-15(17)20/h3-9H,10-11H2,1-2H3,(H,22,23)(H,24,25)/p-1/b21-12-. The fraction of sp³-hybridized carbons (Fsp3) is 0.211. The van der Waals surface area contributed by atoms with Crippen LogP contribution in [0.4, 0.5) is 4.39 Å². The van der Waals surface area contributed by atoms with Gasteiger partial charge in [-0.15, -0.1) is 11.8 Å². The Balaban J connectivity index is 2.01. The molecule has 0 bridgehead atoms. The number of halogens is 1. The van der Waals surface area contributed by atoms with Crippen molar-refractivity contribution >= 4 is 29.4 Å². The molecule has 0 aliphatic heterocycles. The number of thioether (sulfide) groups is 1. The lowest BCUT2D eigenvalue weighted by Crippen LogP contribution is -2.24. The molecule has 0 saturated heterocycles. The Morgan fingerprint density at radius 2 is 2.00 bits per heavy atom. The Kier molecular flexibility index (Phi) is 7.36. The molecule has 27 heavy (non-hydrogen) atoms. The van der Waals surface area contributed by atoms with Gasteiger partial charge in [-0.05, 0) is 42.8 Å². The molecule has 2 aromatic carbocycles. The number of carboxylic acid groups (broad SMARTS) is 1. The second-order valence-electron chi connectivity index (χ2n) is 5.53. The summed E-state index contributed by atoms with van der Waals surface area (Å²) in [5.41, 5.74) is 3.98. The minimum Gasteiger partial charge on any atom is -0.550 e. The van der Waals surface area contributed by atoms with Crippen LogP contribution in [0.5, 0.6) is 5.75 Å². The molecule has 0 atom stereocenters. The molecule has 142 valence electrons. The van der Waals surface area contributed by atoms with Gasteiger partial charge in [-0.1, -0.05) is 12.1 Å². The van der Waals surface area contributed by atoms with Gasteiger partial charge in [-0.2, -0.15) is 5.10 Å².